The third kappa shape index (κ3) is 5.73. The van der Waals surface area contributed by atoms with E-state index in [1.807, 2.05) is 24.3 Å². The number of rotatable bonds is 10. The van der Waals surface area contributed by atoms with Gasteiger partial charge in [-0.3, -0.25) is 0 Å². The van der Waals surface area contributed by atoms with Crippen LogP contribution in [0, 0.1) is 6.92 Å². The molecule has 31 heavy (non-hydrogen) atoms. The van der Waals surface area contributed by atoms with Gasteiger partial charge in [-0.2, -0.15) is 0 Å². The van der Waals surface area contributed by atoms with Gasteiger partial charge in [-0.05, 0) is 82.8 Å². The van der Waals surface area contributed by atoms with E-state index in [0.29, 0.717) is 12.5 Å². The predicted molar refractivity (Wildman–Crippen MR) is 124 cm³/mol. The lowest BCUT2D eigenvalue weighted by Gasteiger charge is -2.15. The summed E-state index contributed by atoms with van der Waals surface area (Å²) in [6.45, 7) is 4.65. The van der Waals surface area contributed by atoms with Gasteiger partial charge >= 0.3 is 0 Å². The Morgan fingerprint density at radius 1 is 0.839 bits per heavy atom. The number of ether oxygens (including phenoxy) is 1. The summed E-state index contributed by atoms with van der Waals surface area (Å²) in [5.74, 6) is 1.17. The van der Waals surface area contributed by atoms with Gasteiger partial charge in [0.2, 0.25) is 0 Å². The van der Waals surface area contributed by atoms with E-state index in [0.717, 1.165) is 46.4 Å². The smallest absolute Gasteiger partial charge is 0.120 e. The van der Waals surface area contributed by atoms with Gasteiger partial charge < -0.3 is 20.1 Å². The summed E-state index contributed by atoms with van der Waals surface area (Å²) in [5, 5.41) is 28.1. The molecule has 0 bridgehead atoms. The molecule has 3 aromatic rings. The van der Waals surface area contributed by atoms with Gasteiger partial charge in [-0.15, -0.1) is 0 Å². The minimum atomic E-state index is -0.106. The average Bonchev–Trinajstić information content (AvgIpc) is 2.82. The zero-order valence-electron chi connectivity index (χ0n) is 18.3. The van der Waals surface area contributed by atoms with Crippen molar-refractivity contribution >= 4 is 0 Å². The first kappa shape index (κ1) is 23.0. The molecule has 0 radical (unpaired) electrons. The third-order valence-corrected chi connectivity index (χ3v) is 5.89. The molecule has 0 spiro atoms. The van der Waals surface area contributed by atoms with Gasteiger partial charge in [0, 0.05) is 6.61 Å². The van der Waals surface area contributed by atoms with E-state index < -0.39 is 0 Å². The molecule has 3 rings (SSSR count). The van der Waals surface area contributed by atoms with Crippen LogP contribution in [-0.4, -0.2) is 21.9 Å². The first-order valence-corrected chi connectivity index (χ1v) is 10.9. The van der Waals surface area contributed by atoms with E-state index in [4.69, 9.17) is 4.74 Å². The number of aryl methyl sites for hydroxylation is 1. The zero-order chi connectivity index (χ0) is 22.2. The highest BCUT2D eigenvalue weighted by Crippen LogP contribution is 2.31. The quantitative estimate of drug-likeness (QED) is 0.427. The molecule has 0 saturated carbocycles. The summed E-state index contributed by atoms with van der Waals surface area (Å²) < 4.78 is 6.02. The summed E-state index contributed by atoms with van der Waals surface area (Å²) in [5.41, 5.74) is 7.11. The lowest BCUT2D eigenvalue weighted by atomic mass is 9.91. The maximum Gasteiger partial charge on any atom is 0.120 e. The van der Waals surface area contributed by atoms with Crippen LogP contribution in [0.1, 0.15) is 53.5 Å². The standard InChI is InChI=1S/C27H32O4/c1-3-21(12-13-28)22-7-9-23(10-8-22)27-15-26(11-4-19(27)2)31-18-20-5-6-24(16-29)25(14-20)17-30/h4-11,14-15,21,28-30H,3,12-13,16-18H2,1-2H3. The molecule has 164 valence electrons. The maximum absolute atomic E-state index is 9.49. The Bertz CT molecular complexity index is 979. The van der Waals surface area contributed by atoms with Gasteiger partial charge in [0.15, 0.2) is 0 Å². The minimum Gasteiger partial charge on any atom is -0.489 e. The van der Waals surface area contributed by atoms with E-state index in [-0.39, 0.29) is 19.8 Å². The molecule has 0 aliphatic rings. The number of benzene rings is 3. The Morgan fingerprint density at radius 2 is 1.58 bits per heavy atom. The number of aliphatic hydroxyl groups excluding tert-OH is 3. The fourth-order valence-corrected chi connectivity index (χ4v) is 3.94. The van der Waals surface area contributed by atoms with Crippen molar-refractivity contribution in [3.05, 3.63) is 88.5 Å². The Balaban J connectivity index is 1.76. The molecule has 1 atom stereocenters. The van der Waals surface area contributed by atoms with E-state index >= 15 is 0 Å². The lowest BCUT2D eigenvalue weighted by molar-refractivity contribution is 0.259. The van der Waals surface area contributed by atoms with Crippen molar-refractivity contribution in [2.75, 3.05) is 6.61 Å². The largest absolute Gasteiger partial charge is 0.489 e. The normalized spacial score (nSPS) is 12.0. The highest BCUT2D eigenvalue weighted by Gasteiger charge is 2.10. The summed E-state index contributed by atoms with van der Waals surface area (Å²) in [4.78, 5) is 0. The second kappa shape index (κ2) is 11.1. The number of hydrogen-bond acceptors (Lipinski definition) is 4. The van der Waals surface area contributed by atoms with Gasteiger partial charge in [0.25, 0.3) is 0 Å². The maximum atomic E-state index is 9.49. The Kier molecular flexibility index (Phi) is 8.24. The van der Waals surface area contributed by atoms with Gasteiger partial charge in [0.05, 0.1) is 13.2 Å². The number of aliphatic hydroxyl groups is 3. The van der Waals surface area contributed by atoms with E-state index in [1.165, 1.54) is 11.1 Å². The molecule has 0 amide bonds. The Morgan fingerprint density at radius 3 is 2.23 bits per heavy atom. The fourth-order valence-electron chi connectivity index (χ4n) is 3.94. The predicted octanol–water partition coefficient (Wildman–Crippen LogP) is 5.10. The molecule has 0 aliphatic heterocycles. The lowest BCUT2D eigenvalue weighted by Crippen LogP contribution is -2.01. The summed E-state index contributed by atoms with van der Waals surface area (Å²) in [6.07, 6.45) is 1.80. The van der Waals surface area contributed by atoms with Crippen molar-refractivity contribution in [3.63, 3.8) is 0 Å². The average molecular weight is 421 g/mol. The van der Waals surface area contributed by atoms with Crippen LogP contribution in [-0.2, 0) is 19.8 Å². The first-order chi connectivity index (χ1) is 15.1. The van der Waals surface area contributed by atoms with Crippen molar-refractivity contribution in [2.24, 2.45) is 0 Å². The second-order valence-corrected chi connectivity index (χ2v) is 7.92. The molecule has 0 aliphatic carbocycles. The third-order valence-electron chi connectivity index (χ3n) is 5.89. The van der Waals surface area contributed by atoms with Crippen LogP contribution in [0.3, 0.4) is 0 Å². The van der Waals surface area contributed by atoms with Gasteiger partial charge in [0.1, 0.15) is 12.4 Å². The highest BCUT2D eigenvalue weighted by atomic mass is 16.5. The zero-order valence-corrected chi connectivity index (χ0v) is 18.3. The van der Waals surface area contributed by atoms with Crippen LogP contribution >= 0.6 is 0 Å². The van der Waals surface area contributed by atoms with Crippen LogP contribution in [0.4, 0.5) is 0 Å². The topological polar surface area (TPSA) is 69.9 Å². The molecule has 0 aromatic heterocycles. The number of hydrogen-bond donors (Lipinski definition) is 3. The summed E-state index contributed by atoms with van der Waals surface area (Å²) >= 11 is 0. The molecule has 1 unspecified atom stereocenters. The van der Waals surface area contributed by atoms with Gasteiger partial charge in [-0.25, -0.2) is 0 Å². The van der Waals surface area contributed by atoms with Crippen LogP contribution in [0.2, 0.25) is 0 Å². The van der Waals surface area contributed by atoms with Crippen molar-refractivity contribution in [3.8, 4) is 16.9 Å². The molecule has 3 N–H and O–H groups in total. The van der Waals surface area contributed by atoms with Crippen LogP contribution in [0.5, 0.6) is 5.75 Å². The highest BCUT2D eigenvalue weighted by molar-refractivity contribution is 5.69. The summed E-state index contributed by atoms with van der Waals surface area (Å²) in [7, 11) is 0. The molecular weight excluding hydrogens is 388 g/mol. The van der Waals surface area contributed by atoms with Gasteiger partial charge in [-0.1, -0.05) is 49.4 Å². The first-order valence-electron chi connectivity index (χ1n) is 10.9. The minimum absolute atomic E-state index is 0.0872. The van der Waals surface area contributed by atoms with E-state index in [9.17, 15) is 15.3 Å². The van der Waals surface area contributed by atoms with Crippen molar-refractivity contribution in [1.82, 2.24) is 0 Å². The van der Waals surface area contributed by atoms with E-state index in [2.05, 4.69) is 50.2 Å². The van der Waals surface area contributed by atoms with Crippen molar-refractivity contribution in [2.45, 2.75) is 52.4 Å². The molecule has 4 heteroatoms. The monoisotopic (exact) mass is 420 g/mol. The molecule has 0 saturated heterocycles. The molecule has 0 heterocycles. The van der Waals surface area contributed by atoms with Crippen molar-refractivity contribution < 1.29 is 20.1 Å². The summed E-state index contributed by atoms with van der Waals surface area (Å²) in [6, 6.07) is 20.3. The molecular formula is C27H32O4. The van der Waals surface area contributed by atoms with Crippen LogP contribution in [0.15, 0.2) is 60.7 Å². The Hall–Kier alpha value is -2.66. The second-order valence-electron chi connectivity index (χ2n) is 7.92. The molecule has 0 fully saturated rings. The van der Waals surface area contributed by atoms with E-state index in [1.54, 1.807) is 0 Å². The van der Waals surface area contributed by atoms with Crippen molar-refractivity contribution in [1.29, 1.82) is 0 Å². The van der Waals surface area contributed by atoms with Crippen LogP contribution < -0.4 is 4.74 Å². The Labute approximate surface area is 184 Å². The molecule has 4 nitrogen and oxygen atoms in total. The molecule has 3 aromatic carbocycles. The SMILES string of the molecule is CCC(CCO)c1ccc(-c2cc(OCc3ccc(CO)c(CO)c3)ccc2C)cc1. The van der Waals surface area contributed by atoms with Crippen LogP contribution in [0.25, 0.3) is 11.1 Å². The fraction of sp³-hybridized carbons (Fsp3) is 0.333.